The first-order valence-corrected chi connectivity index (χ1v) is 7.50. The third-order valence-electron chi connectivity index (χ3n) is 3.76. The quantitative estimate of drug-likeness (QED) is 0.386. The fraction of sp³-hybridized carbons (Fsp3) is 0.235. The van der Waals surface area contributed by atoms with E-state index in [0.29, 0.717) is 18.5 Å². The van der Waals surface area contributed by atoms with Crippen molar-refractivity contribution in [3.05, 3.63) is 70.1 Å². The summed E-state index contributed by atoms with van der Waals surface area (Å²) in [6.07, 6.45) is 1.47. The Balaban J connectivity index is 2.00. The number of halogens is 1. The van der Waals surface area contributed by atoms with Crippen LogP contribution in [0.2, 0.25) is 0 Å². The molecule has 0 saturated carbocycles. The van der Waals surface area contributed by atoms with Gasteiger partial charge in [0.2, 0.25) is 0 Å². The van der Waals surface area contributed by atoms with E-state index in [1.54, 1.807) is 6.07 Å². The van der Waals surface area contributed by atoms with Crippen molar-refractivity contribution >= 4 is 11.0 Å². The van der Waals surface area contributed by atoms with Gasteiger partial charge >= 0.3 is 0 Å². The second-order valence-electron chi connectivity index (χ2n) is 5.22. The molecule has 0 spiro atoms. The number of azide groups is 1. The van der Waals surface area contributed by atoms with Crippen molar-refractivity contribution in [2.75, 3.05) is 6.54 Å². The highest BCUT2D eigenvalue weighted by atomic mass is 19.1. The lowest BCUT2D eigenvalue weighted by Gasteiger charge is -2.09. The molecule has 3 aromatic rings. The van der Waals surface area contributed by atoms with Gasteiger partial charge in [0.15, 0.2) is 0 Å². The van der Waals surface area contributed by atoms with Gasteiger partial charge in [0.05, 0.1) is 11.0 Å². The summed E-state index contributed by atoms with van der Waals surface area (Å²) < 4.78 is 15.4. The summed E-state index contributed by atoms with van der Waals surface area (Å²) in [5, 5.41) is 3.55. The molecule has 0 bridgehead atoms. The highest BCUT2D eigenvalue weighted by Crippen LogP contribution is 2.23. The minimum absolute atomic E-state index is 0.279. The molecule has 3 rings (SSSR count). The molecule has 0 atom stereocenters. The summed E-state index contributed by atoms with van der Waals surface area (Å²) in [4.78, 5) is 7.27. The van der Waals surface area contributed by atoms with Gasteiger partial charge in [-0.3, -0.25) is 4.57 Å². The van der Waals surface area contributed by atoms with E-state index in [0.717, 1.165) is 29.0 Å². The second-order valence-corrected chi connectivity index (χ2v) is 5.22. The molecule has 0 unspecified atom stereocenters. The van der Waals surface area contributed by atoms with Crippen molar-refractivity contribution in [2.24, 2.45) is 5.11 Å². The SMILES string of the molecule is CCc1nc2cc(F)ccc2n1-c1ccc(CCN=[N+]=[N-])cc1. The molecule has 1 aromatic heterocycles. The minimum Gasteiger partial charge on any atom is -0.296 e. The van der Waals surface area contributed by atoms with Gasteiger partial charge in [-0.15, -0.1) is 0 Å². The van der Waals surface area contributed by atoms with E-state index in [4.69, 9.17) is 5.53 Å². The van der Waals surface area contributed by atoms with Gasteiger partial charge in [0, 0.05) is 29.6 Å². The Kier molecular flexibility index (Phi) is 4.26. The first kappa shape index (κ1) is 15.1. The molecule has 5 nitrogen and oxygen atoms in total. The zero-order chi connectivity index (χ0) is 16.2. The molecule has 0 aliphatic heterocycles. The Labute approximate surface area is 133 Å². The van der Waals surface area contributed by atoms with Gasteiger partial charge in [0.1, 0.15) is 11.6 Å². The number of rotatable bonds is 5. The van der Waals surface area contributed by atoms with Gasteiger partial charge in [-0.2, -0.15) is 0 Å². The van der Waals surface area contributed by atoms with E-state index >= 15 is 0 Å². The van der Waals surface area contributed by atoms with E-state index in [9.17, 15) is 4.39 Å². The molecule has 0 saturated heterocycles. The molecule has 0 radical (unpaired) electrons. The first-order chi connectivity index (χ1) is 11.2. The molecule has 116 valence electrons. The fourth-order valence-electron chi connectivity index (χ4n) is 2.66. The lowest BCUT2D eigenvalue weighted by Crippen LogP contribution is -2.00. The number of benzene rings is 2. The van der Waals surface area contributed by atoms with Crippen LogP contribution in [0.15, 0.2) is 47.6 Å². The van der Waals surface area contributed by atoms with Crippen LogP contribution >= 0.6 is 0 Å². The number of hydrogen-bond donors (Lipinski definition) is 0. The molecule has 0 fully saturated rings. The Morgan fingerprint density at radius 3 is 2.70 bits per heavy atom. The number of imidazole rings is 1. The van der Waals surface area contributed by atoms with Crippen LogP contribution in [0.1, 0.15) is 18.3 Å². The maximum Gasteiger partial charge on any atom is 0.125 e. The third kappa shape index (κ3) is 3.03. The van der Waals surface area contributed by atoms with Crippen molar-refractivity contribution in [1.29, 1.82) is 0 Å². The largest absolute Gasteiger partial charge is 0.296 e. The van der Waals surface area contributed by atoms with E-state index in [1.165, 1.54) is 12.1 Å². The summed E-state index contributed by atoms with van der Waals surface area (Å²) in [6.45, 7) is 2.48. The van der Waals surface area contributed by atoms with Gasteiger partial charge in [0.25, 0.3) is 0 Å². The van der Waals surface area contributed by atoms with Gasteiger partial charge in [-0.1, -0.05) is 24.2 Å². The Morgan fingerprint density at radius 1 is 1.22 bits per heavy atom. The Morgan fingerprint density at radius 2 is 2.00 bits per heavy atom. The van der Waals surface area contributed by atoms with Gasteiger partial charge in [-0.05, 0) is 41.8 Å². The molecule has 1 heterocycles. The van der Waals surface area contributed by atoms with Crippen LogP contribution in [-0.2, 0) is 12.8 Å². The molecular weight excluding hydrogens is 293 g/mol. The maximum absolute atomic E-state index is 13.4. The van der Waals surface area contributed by atoms with Crippen LogP contribution in [-0.4, -0.2) is 16.1 Å². The fourth-order valence-corrected chi connectivity index (χ4v) is 2.66. The van der Waals surface area contributed by atoms with Crippen LogP contribution in [0.5, 0.6) is 0 Å². The first-order valence-electron chi connectivity index (χ1n) is 7.50. The van der Waals surface area contributed by atoms with Gasteiger partial charge < -0.3 is 0 Å². The molecule has 0 aliphatic rings. The van der Waals surface area contributed by atoms with Crippen molar-refractivity contribution in [1.82, 2.24) is 9.55 Å². The Bertz CT molecular complexity index is 876. The Hall–Kier alpha value is -2.85. The zero-order valence-corrected chi connectivity index (χ0v) is 12.8. The summed E-state index contributed by atoms with van der Waals surface area (Å²) in [5.74, 6) is 0.616. The van der Waals surface area contributed by atoms with Gasteiger partial charge in [-0.25, -0.2) is 9.37 Å². The predicted molar refractivity (Wildman–Crippen MR) is 88.1 cm³/mol. The van der Waals surface area contributed by atoms with Crippen molar-refractivity contribution < 1.29 is 4.39 Å². The van der Waals surface area contributed by atoms with Crippen molar-refractivity contribution in [3.63, 3.8) is 0 Å². The maximum atomic E-state index is 13.4. The summed E-state index contributed by atoms with van der Waals surface area (Å²) in [5.41, 5.74) is 12.0. The topological polar surface area (TPSA) is 66.6 Å². The summed E-state index contributed by atoms with van der Waals surface area (Å²) >= 11 is 0. The standard InChI is InChI=1S/C17H16FN5/c1-2-17-21-15-11-13(18)5-8-16(15)23(17)14-6-3-12(4-7-14)9-10-20-22-19/h3-8,11H,2,9-10H2,1H3. The number of aromatic nitrogens is 2. The second kappa shape index (κ2) is 6.50. The number of fused-ring (bicyclic) bond motifs is 1. The molecule has 0 N–H and O–H groups in total. The van der Waals surface area contributed by atoms with E-state index in [2.05, 4.69) is 15.0 Å². The van der Waals surface area contributed by atoms with Crippen LogP contribution in [0.25, 0.3) is 27.2 Å². The molecule has 23 heavy (non-hydrogen) atoms. The van der Waals surface area contributed by atoms with Crippen LogP contribution in [0, 0.1) is 5.82 Å². The van der Waals surface area contributed by atoms with E-state index in [-0.39, 0.29) is 5.82 Å². The number of aryl methyl sites for hydroxylation is 1. The summed E-state index contributed by atoms with van der Waals surface area (Å²) in [6, 6.07) is 12.7. The van der Waals surface area contributed by atoms with Crippen molar-refractivity contribution in [2.45, 2.75) is 19.8 Å². The molecule has 0 aliphatic carbocycles. The van der Waals surface area contributed by atoms with Crippen LogP contribution in [0.3, 0.4) is 0 Å². The van der Waals surface area contributed by atoms with Crippen molar-refractivity contribution in [3.8, 4) is 5.69 Å². The lowest BCUT2D eigenvalue weighted by molar-refractivity contribution is 0.629. The van der Waals surface area contributed by atoms with E-state index in [1.807, 2.05) is 35.8 Å². The van der Waals surface area contributed by atoms with E-state index < -0.39 is 0 Å². The minimum atomic E-state index is -0.279. The average molecular weight is 309 g/mol. The average Bonchev–Trinajstić information content (AvgIpc) is 2.93. The smallest absolute Gasteiger partial charge is 0.125 e. The zero-order valence-electron chi connectivity index (χ0n) is 12.8. The number of nitrogens with zero attached hydrogens (tertiary/aromatic N) is 5. The summed E-state index contributed by atoms with van der Waals surface area (Å²) in [7, 11) is 0. The number of hydrogen-bond acceptors (Lipinski definition) is 2. The molecule has 6 heteroatoms. The monoisotopic (exact) mass is 309 g/mol. The lowest BCUT2D eigenvalue weighted by atomic mass is 10.1. The van der Waals surface area contributed by atoms with Crippen LogP contribution in [0.4, 0.5) is 4.39 Å². The highest BCUT2D eigenvalue weighted by Gasteiger charge is 2.11. The van der Waals surface area contributed by atoms with Crippen LogP contribution < -0.4 is 0 Å². The third-order valence-corrected chi connectivity index (χ3v) is 3.76. The molecule has 0 amide bonds. The molecule has 2 aromatic carbocycles. The molecular formula is C17H16FN5. The normalized spacial score (nSPS) is 10.7. The predicted octanol–water partition coefficient (Wildman–Crippen LogP) is 4.58. The highest BCUT2D eigenvalue weighted by molar-refractivity contribution is 5.78.